The SMILES string of the molecule is Cc1ccc(CC(C)N(C)S(=O)(=O)c2ccc(C(N)=O)cc2)cc1. The van der Waals surface area contributed by atoms with Gasteiger partial charge in [-0.05, 0) is 50.1 Å². The lowest BCUT2D eigenvalue weighted by atomic mass is 10.1. The minimum atomic E-state index is -3.63. The van der Waals surface area contributed by atoms with Gasteiger partial charge in [0, 0.05) is 18.7 Å². The molecule has 0 saturated carbocycles. The van der Waals surface area contributed by atoms with Gasteiger partial charge in [-0.3, -0.25) is 4.79 Å². The third kappa shape index (κ3) is 4.01. The van der Waals surface area contributed by atoms with Crippen LogP contribution in [0.5, 0.6) is 0 Å². The van der Waals surface area contributed by atoms with E-state index in [4.69, 9.17) is 5.73 Å². The highest BCUT2D eigenvalue weighted by Crippen LogP contribution is 2.19. The highest BCUT2D eigenvalue weighted by atomic mass is 32.2. The number of amides is 1. The van der Waals surface area contributed by atoms with E-state index in [1.807, 2.05) is 38.1 Å². The van der Waals surface area contributed by atoms with Gasteiger partial charge in [-0.2, -0.15) is 4.31 Å². The zero-order valence-corrected chi connectivity index (χ0v) is 14.9. The molecule has 2 rings (SSSR count). The molecule has 0 radical (unpaired) electrons. The minimum absolute atomic E-state index is 0.144. The van der Waals surface area contributed by atoms with Gasteiger partial charge in [-0.25, -0.2) is 8.42 Å². The van der Waals surface area contributed by atoms with Crippen molar-refractivity contribution in [2.75, 3.05) is 7.05 Å². The average molecular weight is 346 g/mol. The first-order valence-electron chi connectivity index (χ1n) is 7.65. The molecule has 2 aromatic carbocycles. The van der Waals surface area contributed by atoms with E-state index < -0.39 is 15.9 Å². The molecule has 1 atom stereocenters. The lowest BCUT2D eigenvalue weighted by Crippen LogP contribution is -2.36. The van der Waals surface area contributed by atoms with Gasteiger partial charge in [0.1, 0.15) is 0 Å². The van der Waals surface area contributed by atoms with Gasteiger partial charge in [0.15, 0.2) is 0 Å². The third-order valence-electron chi connectivity index (χ3n) is 4.09. The van der Waals surface area contributed by atoms with Crippen LogP contribution in [0.15, 0.2) is 53.4 Å². The number of benzene rings is 2. The van der Waals surface area contributed by atoms with Crippen molar-refractivity contribution in [1.82, 2.24) is 4.31 Å². The van der Waals surface area contributed by atoms with Crippen molar-refractivity contribution in [2.24, 2.45) is 5.73 Å². The van der Waals surface area contributed by atoms with Crippen LogP contribution in [0.25, 0.3) is 0 Å². The summed E-state index contributed by atoms with van der Waals surface area (Å²) in [5.74, 6) is -0.583. The summed E-state index contributed by atoms with van der Waals surface area (Å²) < 4.78 is 26.8. The lowest BCUT2D eigenvalue weighted by molar-refractivity contribution is 0.1000. The van der Waals surface area contributed by atoms with Crippen molar-refractivity contribution in [3.05, 3.63) is 65.2 Å². The second-order valence-corrected chi connectivity index (χ2v) is 7.95. The molecule has 0 fully saturated rings. The van der Waals surface area contributed by atoms with Crippen LogP contribution in [0.3, 0.4) is 0 Å². The molecule has 0 heterocycles. The summed E-state index contributed by atoms with van der Waals surface area (Å²) in [5, 5.41) is 0. The van der Waals surface area contributed by atoms with Crippen LogP contribution in [0.2, 0.25) is 0 Å². The summed E-state index contributed by atoms with van der Waals surface area (Å²) in [6.45, 7) is 3.88. The van der Waals surface area contributed by atoms with E-state index in [2.05, 4.69) is 0 Å². The highest BCUT2D eigenvalue weighted by molar-refractivity contribution is 7.89. The molecule has 0 aliphatic carbocycles. The number of carbonyl (C=O) groups excluding carboxylic acids is 1. The predicted molar refractivity (Wildman–Crippen MR) is 94.3 cm³/mol. The van der Waals surface area contributed by atoms with Crippen molar-refractivity contribution in [2.45, 2.75) is 31.2 Å². The number of hydrogen-bond donors (Lipinski definition) is 1. The molecular weight excluding hydrogens is 324 g/mol. The number of hydrogen-bond acceptors (Lipinski definition) is 3. The number of likely N-dealkylation sites (N-methyl/N-ethyl adjacent to an activating group) is 1. The average Bonchev–Trinajstić information content (AvgIpc) is 2.56. The van der Waals surface area contributed by atoms with Gasteiger partial charge < -0.3 is 5.73 Å². The van der Waals surface area contributed by atoms with Crippen LogP contribution in [0.4, 0.5) is 0 Å². The van der Waals surface area contributed by atoms with Gasteiger partial charge in [0.25, 0.3) is 0 Å². The van der Waals surface area contributed by atoms with Crippen molar-refractivity contribution in [1.29, 1.82) is 0 Å². The summed E-state index contributed by atoms with van der Waals surface area (Å²) in [7, 11) is -2.06. The molecule has 128 valence electrons. The largest absolute Gasteiger partial charge is 0.366 e. The first kappa shape index (κ1) is 18.2. The maximum atomic E-state index is 12.7. The minimum Gasteiger partial charge on any atom is -0.366 e. The van der Waals surface area contributed by atoms with E-state index >= 15 is 0 Å². The fourth-order valence-corrected chi connectivity index (χ4v) is 3.75. The number of carbonyl (C=O) groups is 1. The number of sulfonamides is 1. The van der Waals surface area contributed by atoms with Crippen LogP contribution in [-0.4, -0.2) is 31.7 Å². The second-order valence-electron chi connectivity index (χ2n) is 5.95. The fourth-order valence-electron chi connectivity index (χ4n) is 2.39. The molecule has 0 spiro atoms. The van der Waals surface area contributed by atoms with E-state index in [9.17, 15) is 13.2 Å². The molecule has 0 bridgehead atoms. The second kappa shape index (κ2) is 7.15. The standard InChI is InChI=1S/C18H22N2O3S/c1-13-4-6-15(7-5-13)12-14(2)20(3)24(22,23)17-10-8-16(9-11-17)18(19)21/h4-11,14H,12H2,1-3H3,(H2,19,21). The number of nitrogens with zero attached hydrogens (tertiary/aromatic N) is 1. The smallest absolute Gasteiger partial charge is 0.248 e. The van der Waals surface area contributed by atoms with Crippen LogP contribution in [0, 0.1) is 6.92 Å². The van der Waals surface area contributed by atoms with Crippen LogP contribution < -0.4 is 5.73 Å². The molecule has 1 amide bonds. The molecule has 2 N–H and O–H groups in total. The summed E-state index contributed by atoms with van der Waals surface area (Å²) in [6, 6.07) is 13.5. The molecule has 0 saturated heterocycles. The Kier molecular flexibility index (Phi) is 5.41. The topological polar surface area (TPSA) is 80.5 Å². The molecule has 5 nitrogen and oxygen atoms in total. The molecule has 24 heavy (non-hydrogen) atoms. The highest BCUT2D eigenvalue weighted by Gasteiger charge is 2.25. The zero-order valence-electron chi connectivity index (χ0n) is 14.1. The van der Waals surface area contributed by atoms with Crippen LogP contribution in [0.1, 0.15) is 28.4 Å². The van der Waals surface area contributed by atoms with Gasteiger partial charge in [0.05, 0.1) is 4.90 Å². The Morgan fingerprint density at radius 3 is 2.12 bits per heavy atom. The summed E-state index contributed by atoms with van der Waals surface area (Å²) in [4.78, 5) is 11.2. The van der Waals surface area contributed by atoms with Gasteiger partial charge in [-0.1, -0.05) is 29.8 Å². The summed E-state index contributed by atoms with van der Waals surface area (Å²) in [6.07, 6.45) is 0.620. The van der Waals surface area contributed by atoms with Crippen molar-refractivity contribution >= 4 is 15.9 Å². The normalized spacial score (nSPS) is 13.0. The molecule has 0 aliphatic rings. The molecule has 2 aromatic rings. The van der Waals surface area contributed by atoms with Crippen molar-refractivity contribution in [3.63, 3.8) is 0 Å². The van der Waals surface area contributed by atoms with E-state index in [1.165, 1.54) is 34.1 Å². The molecule has 1 unspecified atom stereocenters. The zero-order chi connectivity index (χ0) is 17.9. The summed E-state index contributed by atoms with van der Waals surface area (Å²) >= 11 is 0. The molecular formula is C18H22N2O3S. The Bertz CT molecular complexity index is 812. The number of aryl methyl sites for hydroxylation is 1. The quantitative estimate of drug-likeness (QED) is 0.872. The number of nitrogens with two attached hydrogens (primary N) is 1. The number of primary amides is 1. The first-order chi connectivity index (χ1) is 11.2. The van der Waals surface area contributed by atoms with E-state index in [0.717, 1.165) is 5.56 Å². The van der Waals surface area contributed by atoms with Crippen molar-refractivity contribution < 1.29 is 13.2 Å². The van der Waals surface area contributed by atoms with Crippen molar-refractivity contribution in [3.8, 4) is 0 Å². The Hall–Kier alpha value is -2.18. The Morgan fingerprint density at radius 1 is 1.08 bits per heavy atom. The van der Waals surface area contributed by atoms with Gasteiger partial charge in [0.2, 0.25) is 15.9 Å². The number of rotatable bonds is 6. The van der Waals surface area contributed by atoms with Crippen LogP contribution in [-0.2, 0) is 16.4 Å². The maximum Gasteiger partial charge on any atom is 0.248 e. The van der Waals surface area contributed by atoms with Gasteiger partial charge in [-0.15, -0.1) is 0 Å². The predicted octanol–water partition coefficient (Wildman–Crippen LogP) is 2.35. The van der Waals surface area contributed by atoms with E-state index in [-0.39, 0.29) is 16.5 Å². The maximum absolute atomic E-state index is 12.7. The lowest BCUT2D eigenvalue weighted by Gasteiger charge is -2.24. The molecule has 0 aromatic heterocycles. The Balaban J connectivity index is 2.17. The Labute approximate surface area is 143 Å². The monoisotopic (exact) mass is 346 g/mol. The van der Waals surface area contributed by atoms with Gasteiger partial charge >= 0.3 is 0 Å². The first-order valence-corrected chi connectivity index (χ1v) is 9.09. The molecule has 0 aliphatic heterocycles. The Morgan fingerprint density at radius 2 is 1.62 bits per heavy atom. The van der Waals surface area contributed by atoms with Crippen LogP contribution >= 0.6 is 0 Å². The third-order valence-corrected chi connectivity index (χ3v) is 6.07. The van der Waals surface area contributed by atoms with E-state index in [0.29, 0.717) is 6.42 Å². The fraction of sp³-hybridized carbons (Fsp3) is 0.278. The van der Waals surface area contributed by atoms with E-state index in [1.54, 1.807) is 7.05 Å². The summed E-state index contributed by atoms with van der Waals surface area (Å²) in [5.41, 5.74) is 7.71. The molecule has 6 heteroatoms.